The fourth-order valence-electron chi connectivity index (χ4n) is 1.85. The lowest BCUT2D eigenvalue weighted by Crippen LogP contribution is -2.57. The molecule has 6 N–H and O–H groups in total. The molecule has 6 nitrogen and oxygen atoms in total. The Morgan fingerprint density at radius 1 is 1.05 bits per heavy atom. The number of hydrogen-bond donors (Lipinski definition) is 5. The van der Waals surface area contributed by atoms with Crippen molar-refractivity contribution < 1.29 is 25.2 Å². The zero-order valence-corrected chi connectivity index (χ0v) is 10.9. The molecule has 0 aromatic heterocycles. The topological polar surface area (TPSA) is 116 Å². The van der Waals surface area contributed by atoms with E-state index in [0.29, 0.717) is 5.69 Å². The van der Waals surface area contributed by atoms with E-state index in [-0.39, 0.29) is 0 Å². The summed E-state index contributed by atoms with van der Waals surface area (Å²) in [7, 11) is 0. The zero-order valence-electron chi connectivity index (χ0n) is 10.1. The Kier molecular flexibility index (Phi) is 4.67. The lowest BCUT2D eigenvalue weighted by atomic mass is 10.0. The van der Waals surface area contributed by atoms with Crippen molar-refractivity contribution in [3.05, 3.63) is 24.3 Å². The number of hydrogen-bond acceptors (Lipinski definition) is 7. The highest BCUT2D eigenvalue weighted by atomic mass is 32.2. The summed E-state index contributed by atoms with van der Waals surface area (Å²) < 4.78 is 5.39. The second kappa shape index (κ2) is 6.08. The molecule has 1 saturated heterocycles. The van der Waals surface area contributed by atoms with E-state index in [2.05, 4.69) is 0 Å². The summed E-state index contributed by atoms with van der Waals surface area (Å²) in [5.74, 6) is 0. The number of rotatable bonds is 3. The van der Waals surface area contributed by atoms with Crippen LogP contribution in [0.25, 0.3) is 0 Å². The molecule has 1 aromatic carbocycles. The molecular formula is C12H17NO5S. The number of nitrogens with two attached hydrogens (primary N) is 1. The maximum absolute atomic E-state index is 9.87. The second-order valence-electron chi connectivity index (χ2n) is 4.38. The van der Waals surface area contributed by atoms with Crippen LogP contribution in [0.4, 0.5) is 5.69 Å². The molecule has 0 amide bonds. The third-order valence-electron chi connectivity index (χ3n) is 2.98. The van der Waals surface area contributed by atoms with E-state index >= 15 is 0 Å². The van der Waals surface area contributed by atoms with Gasteiger partial charge < -0.3 is 30.9 Å². The molecule has 1 aliphatic rings. The lowest BCUT2D eigenvalue weighted by Gasteiger charge is -2.39. The normalized spacial score (nSPS) is 35.3. The predicted octanol–water partition coefficient (Wildman–Crippen LogP) is -0.839. The van der Waals surface area contributed by atoms with Gasteiger partial charge in [0.05, 0.1) is 6.61 Å². The molecule has 106 valence electrons. The molecule has 1 aliphatic heterocycles. The molecule has 1 aromatic rings. The Labute approximate surface area is 114 Å². The SMILES string of the molecule is Nc1ccc(SC2O[C@H](CO)[C@@H](O)[C@H](O)[C@@H]2O)cc1. The van der Waals surface area contributed by atoms with Crippen LogP contribution >= 0.6 is 11.8 Å². The maximum Gasteiger partial charge on any atom is 0.136 e. The van der Waals surface area contributed by atoms with Crippen molar-refractivity contribution in [3.63, 3.8) is 0 Å². The molecule has 0 bridgehead atoms. The highest BCUT2D eigenvalue weighted by Gasteiger charge is 2.43. The quantitative estimate of drug-likeness (QED) is 0.460. The highest BCUT2D eigenvalue weighted by molar-refractivity contribution is 7.99. The van der Waals surface area contributed by atoms with Gasteiger partial charge in [0.25, 0.3) is 0 Å². The number of aliphatic hydroxyl groups excluding tert-OH is 4. The van der Waals surface area contributed by atoms with E-state index in [4.69, 9.17) is 15.6 Å². The summed E-state index contributed by atoms with van der Waals surface area (Å²) >= 11 is 1.20. The molecule has 1 fully saturated rings. The Balaban J connectivity index is 2.08. The van der Waals surface area contributed by atoms with Gasteiger partial charge in [-0.25, -0.2) is 0 Å². The molecular weight excluding hydrogens is 270 g/mol. The number of anilines is 1. The molecule has 0 radical (unpaired) electrons. The van der Waals surface area contributed by atoms with Crippen LogP contribution < -0.4 is 5.73 Å². The van der Waals surface area contributed by atoms with Crippen LogP contribution in [0.15, 0.2) is 29.2 Å². The Bertz CT molecular complexity index is 413. The van der Waals surface area contributed by atoms with Crippen LogP contribution in [0, 0.1) is 0 Å². The minimum atomic E-state index is -1.35. The first-order valence-electron chi connectivity index (χ1n) is 5.85. The first-order valence-corrected chi connectivity index (χ1v) is 6.73. The first kappa shape index (κ1) is 14.6. The summed E-state index contributed by atoms with van der Waals surface area (Å²) in [5.41, 5.74) is 5.43. The van der Waals surface area contributed by atoms with Crippen molar-refractivity contribution in [1.82, 2.24) is 0 Å². The van der Waals surface area contributed by atoms with Gasteiger partial charge in [0.2, 0.25) is 0 Å². The molecule has 1 unspecified atom stereocenters. The average molecular weight is 287 g/mol. The Morgan fingerprint density at radius 2 is 1.68 bits per heavy atom. The van der Waals surface area contributed by atoms with Gasteiger partial charge in [0, 0.05) is 10.6 Å². The first-order chi connectivity index (χ1) is 9.02. The van der Waals surface area contributed by atoms with Gasteiger partial charge in [-0.05, 0) is 24.3 Å². The van der Waals surface area contributed by atoms with Crippen LogP contribution in [0.5, 0.6) is 0 Å². The predicted molar refractivity (Wildman–Crippen MR) is 70.5 cm³/mol. The van der Waals surface area contributed by atoms with Crippen molar-refractivity contribution >= 4 is 17.4 Å². The number of nitrogen functional groups attached to an aromatic ring is 1. The van der Waals surface area contributed by atoms with E-state index in [1.54, 1.807) is 24.3 Å². The number of ether oxygens (including phenoxy) is 1. The average Bonchev–Trinajstić information content (AvgIpc) is 2.42. The van der Waals surface area contributed by atoms with E-state index in [0.717, 1.165) is 4.90 Å². The zero-order chi connectivity index (χ0) is 14.0. The van der Waals surface area contributed by atoms with Crippen molar-refractivity contribution in [1.29, 1.82) is 0 Å². The smallest absolute Gasteiger partial charge is 0.136 e. The van der Waals surface area contributed by atoms with Crippen molar-refractivity contribution in [3.8, 4) is 0 Å². The van der Waals surface area contributed by atoms with Crippen LogP contribution in [-0.4, -0.2) is 56.9 Å². The molecule has 5 atom stereocenters. The molecule has 19 heavy (non-hydrogen) atoms. The van der Waals surface area contributed by atoms with Crippen molar-refractivity contribution in [2.45, 2.75) is 34.7 Å². The van der Waals surface area contributed by atoms with E-state index < -0.39 is 36.5 Å². The Hall–Kier alpha value is -0.830. The van der Waals surface area contributed by atoms with Gasteiger partial charge in [-0.2, -0.15) is 0 Å². The molecule has 2 rings (SSSR count). The number of thioether (sulfide) groups is 1. The third kappa shape index (κ3) is 3.19. The summed E-state index contributed by atoms with van der Waals surface area (Å²) in [6.07, 6.45) is -4.80. The van der Waals surface area contributed by atoms with E-state index in [1.807, 2.05) is 0 Å². The molecule has 7 heteroatoms. The number of benzene rings is 1. The summed E-state index contributed by atoms with van der Waals surface area (Å²) in [5, 5.41) is 38.3. The van der Waals surface area contributed by atoms with Gasteiger partial charge in [0.15, 0.2) is 0 Å². The monoisotopic (exact) mass is 287 g/mol. The molecule has 0 spiro atoms. The van der Waals surface area contributed by atoms with Crippen LogP contribution in [0.2, 0.25) is 0 Å². The minimum absolute atomic E-state index is 0.427. The minimum Gasteiger partial charge on any atom is -0.399 e. The second-order valence-corrected chi connectivity index (χ2v) is 5.56. The maximum atomic E-state index is 9.87. The van der Waals surface area contributed by atoms with Crippen LogP contribution in [0.1, 0.15) is 0 Å². The molecule has 1 heterocycles. The van der Waals surface area contributed by atoms with Crippen molar-refractivity contribution in [2.75, 3.05) is 12.3 Å². The summed E-state index contributed by atoms with van der Waals surface area (Å²) in [6, 6.07) is 6.96. The van der Waals surface area contributed by atoms with Gasteiger partial charge in [-0.15, -0.1) is 0 Å². The molecule has 0 saturated carbocycles. The lowest BCUT2D eigenvalue weighted by molar-refractivity contribution is -0.205. The largest absolute Gasteiger partial charge is 0.399 e. The Morgan fingerprint density at radius 3 is 2.26 bits per heavy atom. The molecule has 0 aliphatic carbocycles. The fraction of sp³-hybridized carbons (Fsp3) is 0.500. The van der Waals surface area contributed by atoms with Gasteiger partial charge in [-0.1, -0.05) is 11.8 Å². The van der Waals surface area contributed by atoms with Crippen LogP contribution in [-0.2, 0) is 4.74 Å². The van der Waals surface area contributed by atoms with Gasteiger partial charge in [0.1, 0.15) is 29.9 Å². The standard InChI is InChI=1S/C12H17NO5S/c13-6-1-3-7(4-2-6)19-12-11(17)10(16)9(15)8(5-14)18-12/h1-4,8-12,14-17H,5,13H2/t8-,9-,10+,11+,12?/m1/s1. The van der Waals surface area contributed by atoms with Gasteiger partial charge >= 0.3 is 0 Å². The summed E-state index contributed by atoms with van der Waals surface area (Å²) in [6.45, 7) is -0.427. The van der Waals surface area contributed by atoms with E-state index in [9.17, 15) is 15.3 Å². The highest BCUT2D eigenvalue weighted by Crippen LogP contribution is 2.33. The van der Waals surface area contributed by atoms with E-state index in [1.165, 1.54) is 11.8 Å². The van der Waals surface area contributed by atoms with Crippen molar-refractivity contribution in [2.24, 2.45) is 0 Å². The fourth-order valence-corrected chi connectivity index (χ4v) is 2.91. The van der Waals surface area contributed by atoms with Crippen LogP contribution in [0.3, 0.4) is 0 Å². The third-order valence-corrected chi connectivity index (χ3v) is 4.15. The number of aliphatic hydroxyl groups is 4. The van der Waals surface area contributed by atoms with Gasteiger partial charge in [-0.3, -0.25) is 0 Å². The summed E-state index contributed by atoms with van der Waals surface area (Å²) in [4.78, 5) is 0.804.